The Labute approximate surface area is 122 Å². The number of nitrogens with one attached hydrogen (secondary N) is 1. The summed E-state index contributed by atoms with van der Waals surface area (Å²) in [5.74, 6) is 0.507. The number of hydrogen-bond acceptors (Lipinski definition) is 4. The van der Waals surface area contributed by atoms with Crippen LogP contribution in [-0.4, -0.2) is 39.8 Å². The molecular formula is C14H20F3NO3. The maximum atomic E-state index is 12.0. The SMILES string of the molecule is COCCNCc1cc(C)ccc1OCOCC(F)(F)F. The molecule has 0 radical (unpaired) electrons. The van der Waals surface area contributed by atoms with Gasteiger partial charge in [-0.3, -0.25) is 0 Å². The van der Waals surface area contributed by atoms with Crippen molar-refractivity contribution in [2.24, 2.45) is 0 Å². The van der Waals surface area contributed by atoms with Crippen molar-refractivity contribution in [2.75, 3.05) is 33.7 Å². The predicted octanol–water partition coefficient (Wildman–Crippen LogP) is 2.65. The van der Waals surface area contributed by atoms with E-state index in [-0.39, 0.29) is 0 Å². The second-order valence-electron chi connectivity index (χ2n) is 4.51. The molecule has 1 aromatic carbocycles. The normalized spacial score (nSPS) is 11.7. The van der Waals surface area contributed by atoms with E-state index in [9.17, 15) is 13.2 Å². The minimum absolute atomic E-state index is 0.437. The fraction of sp³-hybridized carbons (Fsp3) is 0.571. The molecule has 1 aromatic rings. The Balaban J connectivity index is 2.48. The lowest BCUT2D eigenvalue weighted by molar-refractivity contribution is -0.186. The zero-order chi connectivity index (χ0) is 15.7. The first-order valence-electron chi connectivity index (χ1n) is 6.49. The first-order valence-corrected chi connectivity index (χ1v) is 6.49. The van der Waals surface area contributed by atoms with Crippen LogP contribution in [0.1, 0.15) is 11.1 Å². The van der Waals surface area contributed by atoms with E-state index in [4.69, 9.17) is 9.47 Å². The summed E-state index contributed by atoms with van der Waals surface area (Å²) in [6, 6.07) is 5.47. The molecule has 0 saturated heterocycles. The summed E-state index contributed by atoms with van der Waals surface area (Å²) in [5.41, 5.74) is 1.91. The number of alkyl halides is 3. The van der Waals surface area contributed by atoms with Gasteiger partial charge in [-0.15, -0.1) is 0 Å². The Morgan fingerprint density at radius 1 is 1.24 bits per heavy atom. The number of benzene rings is 1. The van der Waals surface area contributed by atoms with E-state index >= 15 is 0 Å². The van der Waals surface area contributed by atoms with Crippen LogP contribution in [0, 0.1) is 6.92 Å². The second kappa shape index (κ2) is 8.86. The minimum atomic E-state index is -4.35. The Morgan fingerprint density at radius 3 is 2.67 bits per heavy atom. The lowest BCUT2D eigenvalue weighted by Crippen LogP contribution is -2.20. The molecule has 7 heteroatoms. The van der Waals surface area contributed by atoms with E-state index in [1.54, 1.807) is 13.2 Å². The minimum Gasteiger partial charge on any atom is -0.467 e. The molecule has 1 rings (SSSR count). The van der Waals surface area contributed by atoms with Crippen molar-refractivity contribution in [3.8, 4) is 5.75 Å². The van der Waals surface area contributed by atoms with Crippen molar-refractivity contribution in [1.82, 2.24) is 5.32 Å². The van der Waals surface area contributed by atoms with Crippen LogP contribution in [0.5, 0.6) is 5.75 Å². The summed E-state index contributed by atoms with van der Waals surface area (Å²) in [6.45, 7) is 1.97. The van der Waals surface area contributed by atoms with Crippen LogP contribution in [-0.2, 0) is 16.0 Å². The van der Waals surface area contributed by atoms with Crippen molar-refractivity contribution in [3.05, 3.63) is 29.3 Å². The highest BCUT2D eigenvalue weighted by molar-refractivity contribution is 5.36. The third kappa shape index (κ3) is 7.89. The molecule has 0 aliphatic heterocycles. The Kier molecular flexibility index (Phi) is 7.49. The van der Waals surface area contributed by atoms with E-state index in [1.165, 1.54) is 0 Å². The van der Waals surface area contributed by atoms with Gasteiger partial charge in [-0.1, -0.05) is 17.7 Å². The monoisotopic (exact) mass is 307 g/mol. The van der Waals surface area contributed by atoms with Crippen LogP contribution < -0.4 is 10.1 Å². The lowest BCUT2D eigenvalue weighted by atomic mass is 10.1. The maximum absolute atomic E-state index is 12.0. The molecule has 0 amide bonds. The zero-order valence-corrected chi connectivity index (χ0v) is 12.1. The van der Waals surface area contributed by atoms with E-state index in [0.29, 0.717) is 25.4 Å². The molecule has 0 aliphatic rings. The fourth-order valence-corrected chi connectivity index (χ4v) is 1.65. The summed E-state index contributed by atoms with van der Waals surface area (Å²) in [7, 11) is 1.61. The Hall–Kier alpha value is -1.31. The van der Waals surface area contributed by atoms with Crippen LogP contribution in [0.15, 0.2) is 18.2 Å². The average Bonchev–Trinajstić information content (AvgIpc) is 2.40. The van der Waals surface area contributed by atoms with Gasteiger partial charge in [0.05, 0.1) is 6.61 Å². The summed E-state index contributed by atoms with van der Waals surface area (Å²) >= 11 is 0. The molecule has 0 heterocycles. The highest BCUT2D eigenvalue weighted by atomic mass is 19.4. The molecule has 1 N–H and O–H groups in total. The van der Waals surface area contributed by atoms with Gasteiger partial charge in [-0.05, 0) is 13.0 Å². The molecule has 0 aromatic heterocycles. The van der Waals surface area contributed by atoms with Crippen LogP contribution in [0.25, 0.3) is 0 Å². The maximum Gasteiger partial charge on any atom is 0.411 e. The van der Waals surface area contributed by atoms with Crippen LogP contribution in [0.3, 0.4) is 0 Å². The van der Waals surface area contributed by atoms with Gasteiger partial charge in [0.25, 0.3) is 0 Å². The van der Waals surface area contributed by atoms with Crippen molar-refractivity contribution < 1.29 is 27.4 Å². The standard InChI is InChI=1S/C14H20F3NO3/c1-11-3-4-13(21-10-20-9-14(15,16)17)12(7-11)8-18-5-6-19-2/h3-4,7,18H,5-6,8-10H2,1-2H3. The van der Waals surface area contributed by atoms with Crippen molar-refractivity contribution in [2.45, 2.75) is 19.6 Å². The van der Waals surface area contributed by atoms with E-state index in [2.05, 4.69) is 10.1 Å². The second-order valence-corrected chi connectivity index (χ2v) is 4.51. The first kappa shape index (κ1) is 17.7. The quantitative estimate of drug-likeness (QED) is 0.562. The van der Waals surface area contributed by atoms with Gasteiger partial charge in [0.15, 0.2) is 6.79 Å². The van der Waals surface area contributed by atoms with Gasteiger partial charge in [0.2, 0.25) is 0 Å². The topological polar surface area (TPSA) is 39.7 Å². The van der Waals surface area contributed by atoms with Crippen LogP contribution in [0.2, 0.25) is 0 Å². The summed E-state index contributed by atoms with van der Waals surface area (Å²) in [4.78, 5) is 0. The number of hydrogen-bond donors (Lipinski definition) is 1. The molecular weight excluding hydrogens is 287 g/mol. The highest BCUT2D eigenvalue weighted by Gasteiger charge is 2.27. The van der Waals surface area contributed by atoms with Crippen molar-refractivity contribution >= 4 is 0 Å². The molecule has 0 spiro atoms. The summed E-state index contributed by atoms with van der Waals surface area (Å²) in [5, 5.41) is 3.16. The summed E-state index contributed by atoms with van der Waals surface area (Å²) < 4.78 is 50.5. The van der Waals surface area contributed by atoms with E-state index in [1.807, 2.05) is 19.1 Å². The number of rotatable bonds is 9. The molecule has 21 heavy (non-hydrogen) atoms. The fourth-order valence-electron chi connectivity index (χ4n) is 1.65. The third-order valence-corrected chi connectivity index (χ3v) is 2.58. The molecule has 4 nitrogen and oxygen atoms in total. The zero-order valence-electron chi connectivity index (χ0n) is 12.1. The molecule has 120 valence electrons. The van der Waals surface area contributed by atoms with E-state index in [0.717, 1.165) is 11.1 Å². The van der Waals surface area contributed by atoms with Gasteiger partial charge in [0.1, 0.15) is 12.4 Å². The third-order valence-electron chi connectivity index (χ3n) is 2.58. The van der Waals surface area contributed by atoms with Crippen molar-refractivity contribution in [3.63, 3.8) is 0 Å². The first-order chi connectivity index (χ1) is 9.92. The van der Waals surface area contributed by atoms with Crippen LogP contribution in [0.4, 0.5) is 13.2 Å². The van der Waals surface area contributed by atoms with Crippen molar-refractivity contribution in [1.29, 1.82) is 0 Å². The van der Waals surface area contributed by atoms with E-state index < -0.39 is 19.6 Å². The molecule has 0 saturated carbocycles. The number of halogens is 3. The van der Waals surface area contributed by atoms with Gasteiger partial charge in [-0.2, -0.15) is 13.2 Å². The molecule has 0 unspecified atom stereocenters. The van der Waals surface area contributed by atoms with Gasteiger partial charge in [-0.25, -0.2) is 0 Å². The smallest absolute Gasteiger partial charge is 0.411 e. The molecule has 0 bridgehead atoms. The average molecular weight is 307 g/mol. The molecule has 0 fully saturated rings. The van der Waals surface area contributed by atoms with Gasteiger partial charge in [0, 0.05) is 25.8 Å². The predicted molar refractivity (Wildman–Crippen MR) is 72.3 cm³/mol. The Morgan fingerprint density at radius 2 is 2.00 bits per heavy atom. The summed E-state index contributed by atoms with van der Waals surface area (Å²) in [6.07, 6.45) is -4.35. The number of aryl methyl sites for hydroxylation is 1. The highest BCUT2D eigenvalue weighted by Crippen LogP contribution is 2.20. The molecule has 0 aliphatic carbocycles. The molecule has 0 atom stereocenters. The lowest BCUT2D eigenvalue weighted by Gasteiger charge is -2.14. The number of ether oxygens (including phenoxy) is 3. The van der Waals surface area contributed by atoms with Gasteiger partial charge >= 0.3 is 6.18 Å². The Bertz CT molecular complexity index is 424. The largest absolute Gasteiger partial charge is 0.467 e. The van der Waals surface area contributed by atoms with Crippen LogP contribution >= 0.6 is 0 Å². The van der Waals surface area contributed by atoms with Gasteiger partial charge < -0.3 is 19.5 Å². The number of methoxy groups -OCH3 is 1.